The molecule has 0 saturated carbocycles. The van der Waals surface area contributed by atoms with Crippen molar-refractivity contribution in [1.29, 1.82) is 0 Å². The molecule has 69 valence electrons. The topological polar surface area (TPSA) is 25.8 Å². The zero-order chi connectivity index (χ0) is 9.97. The first kappa shape index (κ1) is 8.88. The highest BCUT2D eigenvalue weighted by atomic mass is 14.7. The molecule has 2 nitrogen and oxygen atoms in total. The molecular formula is C12H11N2. The minimum Gasteiger partial charge on any atom is -0.264 e. The van der Waals surface area contributed by atoms with Gasteiger partial charge in [0.05, 0.1) is 0 Å². The second-order valence-electron chi connectivity index (χ2n) is 3.27. The maximum atomic E-state index is 4.30. The van der Waals surface area contributed by atoms with E-state index in [4.69, 9.17) is 0 Å². The van der Waals surface area contributed by atoms with Crippen LogP contribution in [0.15, 0.2) is 30.7 Å². The molecular weight excluding hydrogens is 172 g/mol. The molecule has 0 atom stereocenters. The average Bonchev–Trinajstić information content (AvgIpc) is 2.23. The Morgan fingerprint density at radius 1 is 1.21 bits per heavy atom. The van der Waals surface area contributed by atoms with E-state index in [1.54, 1.807) is 6.20 Å². The standard InChI is InChI=1S/C12H11N2/c1-9-6-12(10(2)14-7-9)11-4-3-5-13-8-11/h3-5,7-8H,1-2H3. The third kappa shape index (κ3) is 1.64. The molecule has 0 amide bonds. The summed E-state index contributed by atoms with van der Waals surface area (Å²) in [5.41, 5.74) is 4.15. The molecule has 2 heterocycles. The average molecular weight is 183 g/mol. The molecule has 0 spiro atoms. The molecule has 0 aliphatic rings. The molecule has 1 radical (unpaired) electrons. The lowest BCUT2D eigenvalue weighted by atomic mass is 10.1. The fourth-order valence-corrected chi connectivity index (χ4v) is 1.37. The first-order chi connectivity index (χ1) is 6.77. The summed E-state index contributed by atoms with van der Waals surface area (Å²) in [6, 6.07) is 7.23. The van der Waals surface area contributed by atoms with E-state index < -0.39 is 0 Å². The third-order valence-corrected chi connectivity index (χ3v) is 2.09. The van der Waals surface area contributed by atoms with E-state index in [1.807, 2.05) is 38.4 Å². The summed E-state index contributed by atoms with van der Waals surface area (Å²) >= 11 is 0. The Morgan fingerprint density at radius 2 is 2.07 bits per heavy atom. The van der Waals surface area contributed by atoms with Crippen LogP contribution in [0.1, 0.15) is 11.3 Å². The fraction of sp³-hybridized carbons (Fsp3) is 0.167. The van der Waals surface area contributed by atoms with Crippen LogP contribution in [0.3, 0.4) is 0 Å². The monoisotopic (exact) mass is 183 g/mol. The quantitative estimate of drug-likeness (QED) is 0.679. The summed E-state index contributed by atoms with van der Waals surface area (Å²) in [7, 11) is 0. The maximum absolute atomic E-state index is 4.30. The summed E-state index contributed by atoms with van der Waals surface area (Å²) in [5.74, 6) is 0. The molecule has 2 heteroatoms. The van der Waals surface area contributed by atoms with E-state index >= 15 is 0 Å². The number of rotatable bonds is 1. The smallest absolute Gasteiger partial charge is 0.0457 e. The SMILES string of the molecule is Cc1[c]c(-c2cccnc2)c(C)nc1. The van der Waals surface area contributed by atoms with Gasteiger partial charge in [-0.2, -0.15) is 0 Å². The molecule has 0 aromatic carbocycles. The Bertz CT molecular complexity index is 435. The lowest BCUT2D eigenvalue weighted by Gasteiger charge is -2.04. The highest BCUT2D eigenvalue weighted by Gasteiger charge is 2.02. The van der Waals surface area contributed by atoms with Crippen molar-refractivity contribution in [2.24, 2.45) is 0 Å². The van der Waals surface area contributed by atoms with Gasteiger partial charge in [-0.25, -0.2) is 0 Å². The summed E-state index contributed by atoms with van der Waals surface area (Å²) < 4.78 is 0. The summed E-state index contributed by atoms with van der Waals surface area (Å²) in [6.07, 6.45) is 5.43. The maximum Gasteiger partial charge on any atom is 0.0457 e. The van der Waals surface area contributed by atoms with E-state index in [0.29, 0.717) is 0 Å². The predicted octanol–water partition coefficient (Wildman–Crippen LogP) is 2.56. The van der Waals surface area contributed by atoms with Crippen LogP contribution in [0.4, 0.5) is 0 Å². The van der Waals surface area contributed by atoms with Crippen LogP contribution >= 0.6 is 0 Å². The molecule has 0 N–H and O–H groups in total. The van der Waals surface area contributed by atoms with Crippen LogP contribution in [-0.2, 0) is 0 Å². The van der Waals surface area contributed by atoms with Gasteiger partial charge in [-0.3, -0.25) is 9.97 Å². The van der Waals surface area contributed by atoms with E-state index in [9.17, 15) is 0 Å². The van der Waals surface area contributed by atoms with Crippen molar-refractivity contribution in [2.75, 3.05) is 0 Å². The molecule has 0 aliphatic heterocycles. The first-order valence-electron chi connectivity index (χ1n) is 4.53. The van der Waals surface area contributed by atoms with Crippen molar-refractivity contribution in [1.82, 2.24) is 9.97 Å². The van der Waals surface area contributed by atoms with Gasteiger partial charge in [0.25, 0.3) is 0 Å². The predicted molar refractivity (Wildman–Crippen MR) is 55.8 cm³/mol. The zero-order valence-electron chi connectivity index (χ0n) is 8.28. The van der Waals surface area contributed by atoms with Gasteiger partial charge < -0.3 is 0 Å². The van der Waals surface area contributed by atoms with E-state index in [2.05, 4.69) is 16.0 Å². The van der Waals surface area contributed by atoms with Crippen molar-refractivity contribution < 1.29 is 0 Å². The number of aryl methyl sites for hydroxylation is 2. The van der Waals surface area contributed by atoms with Crippen LogP contribution in [0.25, 0.3) is 11.1 Å². The lowest BCUT2D eigenvalue weighted by molar-refractivity contribution is 1.16. The second kappa shape index (κ2) is 3.58. The molecule has 0 saturated heterocycles. The van der Waals surface area contributed by atoms with Gasteiger partial charge >= 0.3 is 0 Å². The van der Waals surface area contributed by atoms with Crippen LogP contribution in [-0.4, -0.2) is 9.97 Å². The van der Waals surface area contributed by atoms with Gasteiger partial charge in [-0.05, 0) is 31.5 Å². The van der Waals surface area contributed by atoms with Gasteiger partial charge in [-0.15, -0.1) is 0 Å². The normalized spacial score (nSPS) is 10.1. The van der Waals surface area contributed by atoms with E-state index in [0.717, 1.165) is 22.4 Å². The largest absolute Gasteiger partial charge is 0.264 e. The van der Waals surface area contributed by atoms with Gasteiger partial charge in [-0.1, -0.05) is 6.07 Å². The van der Waals surface area contributed by atoms with Crippen molar-refractivity contribution in [3.05, 3.63) is 48.0 Å². The number of nitrogens with zero attached hydrogens (tertiary/aromatic N) is 2. The van der Waals surface area contributed by atoms with Crippen molar-refractivity contribution in [2.45, 2.75) is 13.8 Å². The molecule has 0 aliphatic carbocycles. The highest BCUT2D eigenvalue weighted by molar-refractivity contribution is 5.64. The minimum absolute atomic E-state index is 0.989. The number of aromatic nitrogens is 2. The second-order valence-corrected chi connectivity index (χ2v) is 3.27. The number of pyridine rings is 2. The van der Waals surface area contributed by atoms with E-state index in [-0.39, 0.29) is 0 Å². The van der Waals surface area contributed by atoms with Gasteiger partial charge in [0.2, 0.25) is 0 Å². The molecule has 2 aromatic heterocycles. The van der Waals surface area contributed by atoms with Crippen molar-refractivity contribution in [3.8, 4) is 11.1 Å². The summed E-state index contributed by atoms with van der Waals surface area (Å²) in [5, 5.41) is 0. The number of hydrogen-bond donors (Lipinski definition) is 0. The van der Waals surface area contributed by atoms with Crippen molar-refractivity contribution in [3.63, 3.8) is 0 Å². The summed E-state index contributed by atoms with van der Waals surface area (Å²) in [6.45, 7) is 3.98. The Labute approximate surface area is 83.7 Å². The minimum atomic E-state index is 0.989. The van der Waals surface area contributed by atoms with Gasteiger partial charge in [0.15, 0.2) is 0 Å². The fourth-order valence-electron chi connectivity index (χ4n) is 1.37. The zero-order valence-corrected chi connectivity index (χ0v) is 8.28. The first-order valence-corrected chi connectivity index (χ1v) is 4.53. The Morgan fingerprint density at radius 3 is 2.79 bits per heavy atom. The van der Waals surface area contributed by atoms with Gasteiger partial charge in [0, 0.05) is 35.4 Å². The highest BCUT2D eigenvalue weighted by Crippen LogP contribution is 2.20. The molecule has 0 bridgehead atoms. The van der Waals surface area contributed by atoms with Crippen LogP contribution in [0, 0.1) is 19.9 Å². The Balaban J connectivity index is 2.57. The summed E-state index contributed by atoms with van der Waals surface area (Å²) in [4.78, 5) is 8.38. The molecule has 2 aromatic rings. The van der Waals surface area contributed by atoms with Crippen LogP contribution < -0.4 is 0 Å². The Hall–Kier alpha value is -1.70. The van der Waals surface area contributed by atoms with Crippen LogP contribution in [0.5, 0.6) is 0 Å². The molecule has 2 rings (SSSR count). The third-order valence-electron chi connectivity index (χ3n) is 2.09. The number of hydrogen-bond acceptors (Lipinski definition) is 2. The molecule has 14 heavy (non-hydrogen) atoms. The van der Waals surface area contributed by atoms with Crippen LogP contribution in [0.2, 0.25) is 0 Å². The van der Waals surface area contributed by atoms with Crippen molar-refractivity contribution >= 4 is 0 Å². The van der Waals surface area contributed by atoms with Gasteiger partial charge in [0.1, 0.15) is 0 Å². The lowest BCUT2D eigenvalue weighted by Crippen LogP contribution is -1.89. The van der Waals surface area contributed by atoms with E-state index in [1.165, 1.54) is 0 Å². The Kier molecular flexibility index (Phi) is 2.27. The molecule has 0 fully saturated rings. The molecule has 0 unspecified atom stereocenters.